The summed E-state index contributed by atoms with van der Waals surface area (Å²) in [7, 11) is 0. The van der Waals surface area contributed by atoms with Crippen LogP contribution in [0.5, 0.6) is 0 Å². The van der Waals surface area contributed by atoms with Crippen LogP contribution in [-0.2, 0) is 4.74 Å². The van der Waals surface area contributed by atoms with Crippen LogP contribution in [0.25, 0.3) is 0 Å². The summed E-state index contributed by atoms with van der Waals surface area (Å²) in [4.78, 5) is 0. The third-order valence-corrected chi connectivity index (χ3v) is 4.35. The Labute approximate surface area is 118 Å². The second-order valence-electron chi connectivity index (χ2n) is 6.58. The summed E-state index contributed by atoms with van der Waals surface area (Å²) in [5.74, 6) is 0.984. The molecule has 3 heteroatoms. The predicted octanol–water partition coefficient (Wildman–Crippen LogP) is 3.50. The van der Waals surface area contributed by atoms with Gasteiger partial charge in [-0.25, -0.2) is 0 Å². The van der Waals surface area contributed by atoms with Gasteiger partial charge in [-0.2, -0.15) is 5.26 Å². The second kappa shape index (κ2) is 7.26. The number of nitriles is 1. The topological polar surface area (TPSA) is 45.0 Å². The molecule has 0 heterocycles. The van der Waals surface area contributed by atoms with Crippen molar-refractivity contribution in [2.24, 2.45) is 11.8 Å². The maximum atomic E-state index is 9.58. The molecule has 3 unspecified atom stereocenters. The van der Waals surface area contributed by atoms with E-state index in [4.69, 9.17) is 4.74 Å². The Kier molecular flexibility index (Phi) is 6.29. The van der Waals surface area contributed by atoms with Crippen LogP contribution in [0, 0.1) is 23.2 Å². The Morgan fingerprint density at radius 1 is 1.32 bits per heavy atom. The van der Waals surface area contributed by atoms with E-state index in [0.717, 1.165) is 32.3 Å². The largest absolute Gasteiger partial charge is 0.378 e. The minimum absolute atomic E-state index is 0.302. The molecule has 1 aliphatic carbocycles. The minimum atomic E-state index is -0.321. The Hall–Kier alpha value is -0.590. The van der Waals surface area contributed by atoms with Gasteiger partial charge in [0.15, 0.2) is 0 Å². The van der Waals surface area contributed by atoms with Gasteiger partial charge in [0, 0.05) is 12.6 Å². The lowest BCUT2D eigenvalue weighted by atomic mass is 9.85. The zero-order valence-electron chi connectivity index (χ0n) is 13.2. The molecule has 19 heavy (non-hydrogen) atoms. The first-order valence-electron chi connectivity index (χ1n) is 7.72. The summed E-state index contributed by atoms with van der Waals surface area (Å²) >= 11 is 0. The van der Waals surface area contributed by atoms with Crippen LogP contribution in [-0.4, -0.2) is 24.3 Å². The van der Waals surface area contributed by atoms with Crippen molar-refractivity contribution in [3.63, 3.8) is 0 Å². The molecule has 110 valence electrons. The van der Waals surface area contributed by atoms with E-state index in [2.05, 4.69) is 46.0 Å². The molecule has 1 saturated carbocycles. The molecule has 3 atom stereocenters. The number of hydrogen-bond acceptors (Lipinski definition) is 3. The van der Waals surface area contributed by atoms with E-state index in [-0.39, 0.29) is 5.54 Å². The summed E-state index contributed by atoms with van der Waals surface area (Å²) in [6.07, 6.45) is 4.57. The first-order valence-corrected chi connectivity index (χ1v) is 7.72. The highest BCUT2D eigenvalue weighted by atomic mass is 16.5. The standard InChI is InChI=1S/C16H30N2O/c1-12(2)14(5)19-10-8-15-7-6-9-16(15,11-17)18-13(3)4/h12-15,18H,6-10H2,1-5H3. The van der Waals surface area contributed by atoms with Crippen molar-refractivity contribution in [3.8, 4) is 6.07 Å². The number of rotatable bonds is 7. The second-order valence-corrected chi connectivity index (χ2v) is 6.58. The van der Waals surface area contributed by atoms with Crippen LogP contribution in [0.2, 0.25) is 0 Å². The summed E-state index contributed by atoms with van der Waals surface area (Å²) < 4.78 is 5.87. The molecule has 0 spiro atoms. The fourth-order valence-electron chi connectivity index (χ4n) is 2.94. The molecule has 0 saturated heterocycles. The van der Waals surface area contributed by atoms with Gasteiger partial charge in [-0.3, -0.25) is 5.32 Å². The first kappa shape index (κ1) is 16.5. The molecule has 0 aromatic carbocycles. The molecule has 1 fully saturated rings. The number of ether oxygens (including phenoxy) is 1. The Morgan fingerprint density at radius 2 is 2.00 bits per heavy atom. The molecule has 0 aromatic rings. The molecule has 1 N–H and O–H groups in total. The maximum Gasteiger partial charge on any atom is 0.109 e. The summed E-state index contributed by atoms with van der Waals surface area (Å²) in [5.41, 5.74) is -0.321. The maximum absolute atomic E-state index is 9.58. The van der Waals surface area contributed by atoms with Crippen molar-refractivity contribution >= 4 is 0 Å². The van der Waals surface area contributed by atoms with Gasteiger partial charge in [0.25, 0.3) is 0 Å². The normalized spacial score (nSPS) is 28.8. The van der Waals surface area contributed by atoms with Crippen LogP contribution < -0.4 is 5.32 Å². The molecule has 0 bridgehead atoms. The monoisotopic (exact) mass is 266 g/mol. The average molecular weight is 266 g/mol. The molecule has 1 aliphatic rings. The van der Waals surface area contributed by atoms with Crippen LogP contribution in [0.15, 0.2) is 0 Å². The SMILES string of the molecule is CC(C)NC1(C#N)CCCC1CCOC(C)C(C)C. The van der Waals surface area contributed by atoms with Gasteiger partial charge in [-0.05, 0) is 51.9 Å². The molecule has 0 amide bonds. The van der Waals surface area contributed by atoms with Gasteiger partial charge in [0.2, 0.25) is 0 Å². The molecule has 0 aliphatic heterocycles. The third kappa shape index (κ3) is 4.47. The number of hydrogen-bond donors (Lipinski definition) is 1. The van der Waals surface area contributed by atoms with Crippen LogP contribution >= 0.6 is 0 Å². The highest BCUT2D eigenvalue weighted by Gasteiger charge is 2.43. The van der Waals surface area contributed by atoms with Gasteiger partial charge in [-0.1, -0.05) is 20.3 Å². The fraction of sp³-hybridized carbons (Fsp3) is 0.938. The van der Waals surface area contributed by atoms with Crippen molar-refractivity contribution in [2.75, 3.05) is 6.61 Å². The minimum Gasteiger partial charge on any atom is -0.378 e. The molecule has 0 aromatic heterocycles. The quantitative estimate of drug-likeness (QED) is 0.767. The van der Waals surface area contributed by atoms with E-state index in [1.54, 1.807) is 0 Å². The molecule has 1 rings (SSSR count). The lowest BCUT2D eigenvalue weighted by Crippen LogP contribution is -2.50. The van der Waals surface area contributed by atoms with Gasteiger partial charge in [0.1, 0.15) is 5.54 Å². The molecular formula is C16H30N2O. The molecule has 0 radical (unpaired) electrons. The van der Waals surface area contributed by atoms with E-state index in [0.29, 0.717) is 24.0 Å². The highest BCUT2D eigenvalue weighted by Crippen LogP contribution is 2.38. The first-order chi connectivity index (χ1) is 8.91. The van der Waals surface area contributed by atoms with Crippen molar-refractivity contribution < 1.29 is 4.74 Å². The van der Waals surface area contributed by atoms with E-state index < -0.39 is 0 Å². The van der Waals surface area contributed by atoms with E-state index in [1.807, 2.05) is 0 Å². The van der Waals surface area contributed by atoms with Crippen LogP contribution in [0.4, 0.5) is 0 Å². The number of nitrogens with zero attached hydrogens (tertiary/aromatic N) is 1. The Balaban J connectivity index is 2.50. The van der Waals surface area contributed by atoms with Crippen LogP contribution in [0.3, 0.4) is 0 Å². The van der Waals surface area contributed by atoms with E-state index >= 15 is 0 Å². The Morgan fingerprint density at radius 3 is 2.53 bits per heavy atom. The highest BCUT2D eigenvalue weighted by molar-refractivity contribution is 5.14. The summed E-state index contributed by atoms with van der Waals surface area (Å²) in [6.45, 7) is 11.5. The molecular weight excluding hydrogens is 236 g/mol. The van der Waals surface area contributed by atoms with Crippen molar-refractivity contribution in [2.45, 2.75) is 78.0 Å². The fourth-order valence-corrected chi connectivity index (χ4v) is 2.94. The van der Waals surface area contributed by atoms with Gasteiger partial charge in [-0.15, -0.1) is 0 Å². The average Bonchev–Trinajstić information content (AvgIpc) is 2.71. The van der Waals surface area contributed by atoms with Crippen molar-refractivity contribution in [3.05, 3.63) is 0 Å². The van der Waals surface area contributed by atoms with Crippen molar-refractivity contribution in [1.29, 1.82) is 5.26 Å². The van der Waals surface area contributed by atoms with Gasteiger partial charge < -0.3 is 4.74 Å². The summed E-state index contributed by atoms with van der Waals surface area (Å²) in [5, 5.41) is 13.1. The lowest BCUT2D eigenvalue weighted by Gasteiger charge is -2.32. The Bertz CT molecular complexity index is 308. The predicted molar refractivity (Wildman–Crippen MR) is 78.8 cm³/mol. The van der Waals surface area contributed by atoms with Gasteiger partial charge in [0.05, 0.1) is 12.2 Å². The van der Waals surface area contributed by atoms with E-state index in [1.165, 1.54) is 0 Å². The zero-order chi connectivity index (χ0) is 14.5. The van der Waals surface area contributed by atoms with Crippen molar-refractivity contribution in [1.82, 2.24) is 5.32 Å². The lowest BCUT2D eigenvalue weighted by molar-refractivity contribution is 0.0243. The van der Waals surface area contributed by atoms with Gasteiger partial charge >= 0.3 is 0 Å². The summed E-state index contributed by atoms with van der Waals surface area (Å²) in [6, 6.07) is 2.91. The zero-order valence-corrected chi connectivity index (χ0v) is 13.2. The number of nitrogens with one attached hydrogen (secondary N) is 1. The smallest absolute Gasteiger partial charge is 0.109 e. The van der Waals surface area contributed by atoms with Crippen LogP contribution in [0.1, 0.15) is 60.3 Å². The molecule has 3 nitrogen and oxygen atoms in total. The van der Waals surface area contributed by atoms with E-state index in [9.17, 15) is 5.26 Å². The third-order valence-electron chi connectivity index (χ3n) is 4.35.